The second kappa shape index (κ2) is 8.37. The zero-order valence-corrected chi connectivity index (χ0v) is 17.3. The number of fused-ring (bicyclic) bond motifs is 1. The van der Waals surface area contributed by atoms with Gasteiger partial charge in [-0.2, -0.15) is 0 Å². The van der Waals surface area contributed by atoms with E-state index >= 15 is 0 Å². The molecule has 0 aromatic heterocycles. The van der Waals surface area contributed by atoms with Gasteiger partial charge in [-0.15, -0.1) is 0 Å². The number of anilines is 1. The zero-order chi connectivity index (χ0) is 22.0. The van der Waals surface area contributed by atoms with E-state index in [0.717, 1.165) is 24.0 Å². The average molecular weight is 424 g/mol. The number of nitrogens with zero attached hydrogens (tertiary/aromatic N) is 1. The molecule has 0 unspecified atom stereocenters. The molecule has 2 aliphatic heterocycles. The lowest BCUT2D eigenvalue weighted by molar-refractivity contribution is -0.126. The van der Waals surface area contributed by atoms with Crippen LogP contribution in [0.25, 0.3) is 0 Å². The maximum atomic E-state index is 13.4. The fraction of sp³-hybridized carbons (Fsp3) is 0.348. The second-order valence-electron chi connectivity index (χ2n) is 8.28. The minimum atomic E-state index is -0.940. The molecule has 0 bridgehead atoms. The van der Waals surface area contributed by atoms with E-state index in [1.54, 1.807) is 42.2 Å². The lowest BCUT2D eigenvalue weighted by Gasteiger charge is -2.27. The van der Waals surface area contributed by atoms with Gasteiger partial charge in [-0.05, 0) is 73.7 Å². The van der Waals surface area contributed by atoms with Crippen LogP contribution in [-0.4, -0.2) is 34.8 Å². The number of hydrogen-bond donors (Lipinski definition) is 3. The molecule has 2 aliphatic rings. The molecule has 7 nitrogen and oxygen atoms in total. The van der Waals surface area contributed by atoms with Crippen LogP contribution in [0, 0.1) is 5.82 Å². The molecule has 31 heavy (non-hydrogen) atoms. The van der Waals surface area contributed by atoms with Crippen molar-refractivity contribution in [1.82, 2.24) is 15.5 Å². The van der Waals surface area contributed by atoms with Crippen LogP contribution in [0.2, 0.25) is 0 Å². The summed E-state index contributed by atoms with van der Waals surface area (Å²) in [6.07, 6.45) is 2.33. The summed E-state index contributed by atoms with van der Waals surface area (Å²) in [4.78, 5) is 39.1. The van der Waals surface area contributed by atoms with E-state index in [2.05, 4.69) is 16.0 Å². The molecular weight excluding hydrogens is 399 g/mol. The second-order valence-corrected chi connectivity index (χ2v) is 8.28. The first-order valence-electron chi connectivity index (χ1n) is 10.4. The molecule has 162 valence electrons. The minimum absolute atomic E-state index is 0.172. The summed E-state index contributed by atoms with van der Waals surface area (Å²) in [5.74, 6) is -0.826. The quantitative estimate of drug-likeness (QED) is 0.707. The molecule has 0 spiro atoms. The number of amides is 4. The minimum Gasteiger partial charge on any atom is -0.354 e. The summed E-state index contributed by atoms with van der Waals surface area (Å²) in [7, 11) is 0. The van der Waals surface area contributed by atoms with Crippen molar-refractivity contribution < 1.29 is 18.8 Å². The molecule has 8 heteroatoms. The lowest BCUT2D eigenvalue weighted by Crippen LogP contribution is -2.55. The number of carbonyl (C=O) groups is 3. The van der Waals surface area contributed by atoms with Crippen molar-refractivity contribution in [2.24, 2.45) is 0 Å². The molecule has 4 rings (SSSR count). The van der Waals surface area contributed by atoms with Crippen LogP contribution in [0.15, 0.2) is 42.5 Å². The zero-order valence-electron chi connectivity index (χ0n) is 17.3. The predicted molar refractivity (Wildman–Crippen MR) is 114 cm³/mol. The van der Waals surface area contributed by atoms with Crippen molar-refractivity contribution in [3.63, 3.8) is 0 Å². The maximum absolute atomic E-state index is 13.4. The van der Waals surface area contributed by atoms with Gasteiger partial charge in [0.1, 0.15) is 11.4 Å². The van der Waals surface area contributed by atoms with E-state index in [9.17, 15) is 18.8 Å². The summed E-state index contributed by atoms with van der Waals surface area (Å²) < 4.78 is 13.4. The van der Waals surface area contributed by atoms with Crippen LogP contribution in [0.4, 0.5) is 14.9 Å². The summed E-state index contributed by atoms with van der Waals surface area (Å²) in [6, 6.07) is 10.7. The first-order valence-corrected chi connectivity index (χ1v) is 10.4. The molecule has 0 radical (unpaired) electrons. The van der Waals surface area contributed by atoms with Gasteiger partial charge in [0, 0.05) is 30.9 Å². The van der Waals surface area contributed by atoms with E-state index < -0.39 is 5.54 Å². The fourth-order valence-corrected chi connectivity index (χ4v) is 3.97. The van der Waals surface area contributed by atoms with Gasteiger partial charge in [-0.3, -0.25) is 9.59 Å². The molecule has 1 atom stereocenters. The van der Waals surface area contributed by atoms with E-state index in [-0.39, 0.29) is 23.7 Å². The number of benzene rings is 2. The molecular formula is C23H25FN4O3. The summed E-state index contributed by atoms with van der Waals surface area (Å²) in [5.41, 5.74) is 1.74. The van der Waals surface area contributed by atoms with E-state index in [1.165, 1.54) is 12.1 Å². The van der Waals surface area contributed by atoms with Crippen LogP contribution in [0.1, 0.15) is 47.7 Å². The van der Waals surface area contributed by atoms with Gasteiger partial charge >= 0.3 is 6.03 Å². The number of urea groups is 1. The molecule has 1 fully saturated rings. The van der Waals surface area contributed by atoms with Crippen molar-refractivity contribution in [3.05, 3.63) is 65.0 Å². The Labute approximate surface area is 180 Å². The van der Waals surface area contributed by atoms with Crippen molar-refractivity contribution in [3.8, 4) is 0 Å². The Balaban J connectivity index is 1.36. The standard InChI is InChI=1S/C23H25FN4O3/c1-23(10-2-3-11-25-21(23)30)27-20(29)15-5-8-19(9-6-15)26-22(31)28-13-16-4-7-18(24)12-17(16)14-28/h4-9,12H,2-3,10-11,13-14H2,1H3,(H,25,30)(H,26,31)(H,27,29)/t23-/m0/s1. The van der Waals surface area contributed by atoms with Crippen molar-refractivity contribution in [1.29, 1.82) is 0 Å². The van der Waals surface area contributed by atoms with Gasteiger partial charge in [-0.25, -0.2) is 9.18 Å². The highest BCUT2D eigenvalue weighted by atomic mass is 19.1. The molecule has 0 saturated carbocycles. The largest absolute Gasteiger partial charge is 0.354 e. The first-order chi connectivity index (χ1) is 14.8. The van der Waals surface area contributed by atoms with Crippen molar-refractivity contribution >= 4 is 23.5 Å². The molecule has 2 aromatic rings. The lowest BCUT2D eigenvalue weighted by atomic mass is 9.94. The molecule has 2 heterocycles. The molecule has 3 N–H and O–H groups in total. The number of carbonyl (C=O) groups excluding carboxylic acids is 3. The Morgan fingerprint density at radius 1 is 1.06 bits per heavy atom. The topological polar surface area (TPSA) is 90.5 Å². The van der Waals surface area contributed by atoms with Crippen LogP contribution in [0.3, 0.4) is 0 Å². The van der Waals surface area contributed by atoms with Crippen LogP contribution in [0.5, 0.6) is 0 Å². The highest BCUT2D eigenvalue weighted by Gasteiger charge is 2.35. The Morgan fingerprint density at radius 3 is 2.58 bits per heavy atom. The Kier molecular flexibility index (Phi) is 5.63. The smallest absolute Gasteiger partial charge is 0.322 e. The van der Waals surface area contributed by atoms with Gasteiger partial charge in [0.25, 0.3) is 5.91 Å². The summed E-state index contributed by atoms with van der Waals surface area (Å²) >= 11 is 0. The van der Waals surface area contributed by atoms with Gasteiger partial charge in [0.2, 0.25) is 5.91 Å². The molecule has 0 aliphatic carbocycles. The van der Waals surface area contributed by atoms with Gasteiger partial charge < -0.3 is 20.9 Å². The Hall–Kier alpha value is -3.42. The van der Waals surface area contributed by atoms with Crippen molar-refractivity contribution in [2.45, 2.75) is 44.8 Å². The number of rotatable bonds is 3. The van der Waals surface area contributed by atoms with Crippen LogP contribution < -0.4 is 16.0 Å². The van der Waals surface area contributed by atoms with E-state index in [0.29, 0.717) is 37.3 Å². The molecule has 2 aromatic carbocycles. The Morgan fingerprint density at radius 2 is 1.81 bits per heavy atom. The number of nitrogens with one attached hydrogen (secondary N) is 3. The van der Waals surface area contributed by atoms with E-state index in [1.807, 2.05) is 0 Å². The molecule has 1 saturated heterocycles. The van der Waals surface area contributed by atoms with Crippen LogP contribution in [-0.2, 0) is 17.9 Å². The highest BCUT2D eigenvalue weighted by molar-refractivity contribution is 5.99. The summed E-state index contributed by atoms with van der Waals surface area (Å²) in [6.45, 7) is 3.12. The summed E-state index contributed by atoms with van der Waals surface area (Å²) in [5, 5.41) is 8.48. The first kappa shape index (κ1) is 20.8. The fourth-order valence-electron chi connectivity index (χ4n) is 3.97. The third kappa shape index (κ3) is 4.52. The molecule has 4 amide bonds. The average Bonchev–Trinajstić information content (AvgIpc) is 3.09. The van der Waals surface area contributed by atoms with Crippen molar-refractivity contribution in [2.75, 3.05) is 11.9 Å². The maximum Gasteiger partial charge on any atom is 0.322 e. The van der Waals surface area contributed by atoms with Crippen LogP contribution >= 0.6 is 0 Å². The van der Waals surface area contributed by atoms with Gasteiger partial charge in [0.05, 0.1) is 0 Å². The Bertz CT molecular complexity index is 1020. The van der Waals surface area contributed by atoms with E-state index in [4.69, 9.17) is 0 Å². The predicted octanol–water partition coefficient (Wildman–Crippen LogP) is 3.16. The third-order valence-corrected chi connectivity index (χ3v) is 5.86. The van der Waals surface area contributed by atoms with Gasteiger partial charge in [-0.1, -0.05) is 6.07 Å². The number of halogens is 1. The normalized spacial score (nSPS) is 20.5. The third-order valence-electron chi connectivity index (χ3n) is 5.86. The van der Waals surface area contributed by atoms with Gasteiger partial charge in [0.15, 0.2) is 0 Å². The highest BCUT2D eigenvalue weighted by Crippen LogP contribution is 2.24. The number of hydrogen-bond acceptors (Lipinski definition) is 3. The monoisotopic (exact) mass is 424 g/mol. The SMILES string of the molecule is C[C@]1(NC(=O)c2ccc(NC(=O)N3Cc4ccc(F)cc4C3)cc2)CCCCNC1=O.